The summed E-state index contributed by atoms with van der Waals surface area (Å²) in [6, 6.07) is 13.5. The first-order valence-corrected chi connectivity index (χ1v) is 20.2. The summed E-state index contributed by atoms with van der Waals surface area (Å²) in [5.41, 5.74) is -1.76. The summed E-state index contributed by atoms with van der Waals surface area (Å²) in [5.74, 6) is -2.20. The summed E-state index contributed by atoms with van der Waals surface area (Å²) in [4.78, 5) is 24.1. The fraction of sp³-hybridized carbons (Fsp3) is 0.0667. The third-order valence-electron chi connectivity index (χ3n) is 7.12. The van der Waals surface area contributed by atoms with Crippen LogP contribution in [0.25, 0.3) is 10.8 Å². The maximum absolute atomic E-state index is 12.5. The van der Waals surface area contributed by atoms with E-state index in [0.717, 1.165) is 30.3 Å². The molecule has 0 aliphatic carbocycles. The molecule has 4 aromatic carbocycles. The number of para-hydroxylation sites is 1. The number of nitrogens with zero attached hydrogens (tertiary/aromatic N) is 6. The predicted molar refractivity (Wildman–Crippen MR) is 194 cm³/mol. The molecular weight excluding hydrogens is 929 g/mol. The molecule has 1 aromatic heterocycles. The molecule has 3 N–H and O–H groups in total. The van der Waals surface area contributed by atoms with E-state index in [2.05, 4.69) is 51.7 Å². The van der Waals surface area contributed by atoms with E-state index < -0.39 is 84.5 Å². The number of aromatic nitrogens is 3. The summed E-state index contributed by atoms with van der Waals surface area (Å²) in [7, 11) is -16.2. The number of phenolic OH excluding ortho intramolecular Hbond substituents is 1. The summed E-state index contributed by atoms with van der Waals surface area (Å²) >= 11 is 9.12. The number of halogens is 2. The van der Waals surface area contributed by atoms with Crippen molar-refractivity contribution in [3.05, 3.63) is 83.1 Å². The zero-order valence-corrected chi connectivity index (χ0v) is 40.7. The van der Waals surface area contributed by atoms with Crippen LogP contribution in [0.5, 0.6) is 5.75 Å². The average molecular weight is 950 g/mol. The molecule has 5 rings (SSSR count). The zero-order valence-electron chi connectivity index (χ0n) is 29.9. The second-order valence-corrected chi connectivity index (χ2v) is 15.5. The smallest absolute Gasteiger partial charge is 0.744 e. The zero-order chi connectivity index (χ0) is 39.6. The van der Waals surface area contributed by atoms with E-state index in [1.807, 2.05) is 0 Å². The van der Waals surface area contributed by atoms with Crippen molar-refractivity contribution in [3.8, 4) is 5.75 Å². The summed E-state index contributed by atoms with van der Waals surface area (Å²) in [6.07, 6.45) is 1.04. The Hall–Kier alpha value is -2.14. The van der Waals surface area contributed by atoms with E-state index >= 15 is 0 Å². The van der Waals surface area contributed by atoms with E-state index in [1.165, 1.54) is 4.99 Å². The van der Waals surface area contributed by atoms with Crippen LogP contribution in [0.3, 0.4) is 0 Å². The first-order chi connectivity index (χ1) is 25.3. The topological polar surface area (TPSA) is 300 Å². The van der Waals surface area contributed by atoms with Gasteiger partial charge in [0.05, 0.1) is 20.4 Å². The molecule has 0 spiro atoms. The number of hydrogen-bond acceptors (Lipinski definition) is 18. The Kier molecular flexibility index (Phi) is 18.7. The number of hydrogen-bond donors (Lipinski definition) is 3. The van der Waals surface area contributed by atoms with Crippen molar-refractivity contribution in [2.24, 2.45) is 10.2 Å². The average Bonchev–Trinajstić information content (AvgIpc) is 3.07. The van der Waals surface area contributed by atoms with Gasteiger partial charge in [-0.2, -0.15) is 15.0 Å². The Balaban J connectivity index is 0.00000374. The van der Waals surface area contributed by atoms with Gasteiger partial charge in [0.1, 0.15) is 41.7 Å². The molecule has 0 saturated carbocycles. The fourth-order valence-corrected chi connectivity index (χ4v) is 7.07. The molecule has 5 aromatic rings. The second kappa shape index (κ2) is 20.9. The molecule has 19 nitrogen and oxygen atoms in total. The Bertz CT molecular complexity index is 2720. The molecule has 282 valence electrons. The van der Waals surface area contributed by atoms with E-state index in [-0.39, 0.29) is 112 Å². The number of phenols is 1. The minimum atomic E-state index is -5.61. The second-order valence-electron chi connectivity index (χ2n) is 10.6. The van der Waals surface area contributed by atoms with Crippen LogP contribution < -0.4 is 104 Å². The molecule has 1 heterocycles. The number of rotatable bonds is 12. The molecule has 0 radical (unpaired) electrons. The molecule has 0 aliphatic heterocycles. The third kappa shape index (κ3) is 12.7. The van der Waals surface area contributed by atoms with Crippen LogP contribution in [0, 0.1) is 0 Å². The normalized spacial score (nSPS) is 11.8. The molecule has 57 heavy (non-hydrogen) atoms. The molecule has 1 amide bonds. The molecule has 0 atom stereocenters. The molecule has 0 aliphatic rings. The number of nitrogens with one attached hydrogen (secondary N) is 2. The number of aromatic hydroxyl groups is 1. The standard InChI is InChI=1S/C30H24BrClN8O11S3.3Na/c1-2-40(18-6-4-3-5-7-18)30-36-28(32)35-29(37-30)34-21-15-19(52(43,44)45)12-16-13-23(54(49,50)51)26(27(42)25(16)21)39-38-20-14-17(33-24(41)10-11-31)8-9-22(20)53(46,47)48;;;/h3-15,42H,2H2,1H3,(H,33,41)(H,43,44,45)(H,46,47,48)(H,49,50,51)(H,34,35,36,37);;;/q;3*+1/p-3. The largest absolute Gasteiger partial charge is 1.00 e. The van der Waals surface area contributed by atoms with Crippen LogP contribution in [0.15, 0.2) is 103 Å². The Morgan fingerprint density at radius 3 is 2.11 bits per heavy atom. The number of carbonyl (C=O) groups excluding carboxylic acids is 1. The van der Waals surface area contributed by atoms with Crippen LogP contribution in [-0.2, 0) is 35.1 Å². The predicted octanol–water partition coefficient (Wildman–Crippen LogP) is -3.73. The van der Waals surface area contributed by atoms with Gasteiger partial charge in [-0.15, -0.1) is 10.2 Å². The fourth-order valence-electron chi connectivity index (χ4n) is 4.90. The van der Waals surface area contributed by atoms with Gasteiger partial charge in [0.2, 0.25) is 23.1 Å². The van der Waals surface area contributed by atoms with Gasteiger partial charge in [-0.05, 0) is 77.4 Å². The van der Waals surface area contributed by atoms with Crippen LogP contribution in [0.4, 0.5) is 40.3 Å². The van der Waals surface area contributed by atoms with Gasteiger partial charge in [0.25, 0.3) is 0 Å². The van der Waals surface area contributed by atoms with Crippen LogP contribution in [0.2, 0.25) is 5.28 Å². The van der Waals surface area contributed by atoms with E-state index in [4.69, 9.17) is 11.6 Å². The number of benzene rings is 4. The number of azo groups is 1. The monoisotopic (exact) mass is 948 g/mol. The molecule has 27 heteroatoms. The molecule has 0 fully saturated rings. The van der Waals surface area contributed by atoms with Gasteiger partial charge in [-0.25, -0.2) is 25.3 Å². The quantitative estimate of drug-likeness (QED) is 0.0469. The minimum absolute atomic E-state index is 0. The van der Waals surface area contributed by atoms with Crippen molar-refractivity contribution in [2.75, 3.05) is 22.1 Å². The maximum atomic E-state index is 12.5. The minimum Gasteiger partial charge on any atom is -0.744 e. The Morgan fingerprint density at radius 2 is 1.53 bits per heavy atom. The summed E-state index contributed by atoms with van der Waals surface area (Å²) < 4.78 is 110. The van der Waals surface area contributed by atoms with Crippen molar-refractivity contribution < 1.29 is 137 Å². The summed E-state index contributed by atoms with van der Waals surface area (Å²) in [5, 5.41) is 22.4. The van der Waals surface area contributed by atoms with E-state index in [0.29, 0.717) is 24.4 Å². The van der Waals surface area contributed by atoms with Crippen molar-refractivity contribution in [1.82, 2.24) is 15.0 Å². The third-order valence-corrected chi connectivity index (χ3v) is 10.1. The molecule has 0 unspecified atom stereocenters. The van der Waals surface area contributed by atoms with Gasteiger partial charge in [0.15, 0.2) is 5.75 Å². The maximum Gasteiger partial charge on any atom is 1.00 e. The van der Waals surface area contributed by atoms with Crippen LogP contribution in [-0.4, -0.2) is 71.4 Å². The molecular formula is C30H21BrClN8Na3O11S3. The van der Waals surface area contributed by atoms with Gasteiger partial charge >= 0.3 is 88.7 Å². The van der Waals surface area contributed by atoms with Crippen molar-refractivity contribution in [2.45, 2.75) is 21.6 Å². The first-order valence-electron chi connectivity index (χ1n) is 14.7. The van der Waals surface area contributed by atoms with Crippen LogP contribution >= 0.6 is 27.5 Å². The number of fused-ring (bicyclic) bond motifs is 1. The molecule has 0 bridgehead atoms. The van der Waals surface area contributed by atoms with E-state index in [1.54, 1.807) is 42.2 Å². The van der Waals surface area contributed by atoms with Gasteiger partial charge in [-0.3, -0.25) is 4.79 Å². The number of carbonyl (C=O) groups is 1. The van der Waals surface area contributed by atoms with Crippen molar-refractivity contribution >= 4 is 115 Å². The van der Waals surface area contributed by atoms with E-state index in [9.17, 15) is 48.8 Å². The van der Waals surface area contributed by atoms with Gasteiger partial charge < -0.3 is 34.3 Å². The Morgan fingerprint density at radius 1 is 0.877 bits per heavy atom. The van der Waals surface area contributed by atoms with Gasteiger partial charge in [-0.1, -0.05) is 34.1 Å². The van der Waals surface area contributed by atoms with Crippen LogP contribution in [0.1, 0.15) is 6.92 Å². The van der Waals surface area contributed by atoms with Crippen molar-refractivity contribution in [3.63, 3.8) is 0 Å². The number of amides is 1. The molecule has 0 saturated heterocycles. The Labute approximate surface area is 405 Å². The first kappa shape index (κ1) is 51.0. The van der Waals surface area contributed by atoms with Crippen molar-refractivity contribution in [1.29, 1.82) is 0 Å². The SMILES string of the molecule is CCN(c1ccccc1)c1nc(Cl)nc(Nc2cc(S(=O)(=O)[O-])cc3cc(S(=O)(=O)[O-])c(N=Nc4cc(NC(=O)C=CBr)ccc4S(=O)(=O)[O-])c(O)c23)n1.[Na+].[Na+].[Na+]. The van der Waals surface area contributed by atoms with Gasteiger partial charge in [0, 0.05) is 29.4 Å². The number of anilines is 5. The summed E-state index contributed by atoms with van der Waals surface area (Å²) in [6.45, 7) is 2.12.